The highest BCUT2D eigenvalue weighted by Crippen LogP contribution is 2.23. The van der Waals surface area contributed by atoms with Gasteiger partial charge in [0.1, 0.15) is 0 Å². The lowest BCUT2D eigenvalue weighted by atomic mass is 10.1. The summed E-state index contributed by atoms with van der Waals surface area (Å²) in [6, 6.07) is 10.6. The minimum absolute atomic E-state index is 0.0513. The fourth-order valence-electron chi connectivity index (χ4n) is 2.15. The van der Waals surface area contributed by atoms with Crippen LogP contribution in [0, 0.1) is 13.8 Å². The molecule has 2 aromatic carbocycles. The van der Waals surface area contributed by atoms with Crippen LogP contribution in [0.3, 0.4) is 0 Å². The number of benzene rings is 2. The van der Waals surface area contributed by atoms with E-state index in [0.29, 0.717) is 22.0 Å². The number of esters is 1. The first-order valence-electron chi connectivity index (χ1n) is 7.39. The maximum atomic E-state index is 12.1. The van der Waals surface area contributed by atoms with Gasteiger partial charge in [-0.1, -0.05) is 23.7 Å². The van der Waals surface area contributed by atoms with Crippen molar-refractivity contribution in [1.82, 2.24) is 0 Å². The van der Waals surface area contributed by atoms with Gasteiger partial charge in [0.2, 0.25) is 5.91 Å². The van der Waals surface area contributed by atoms with Crippen molar-refractivity contribution in [3.8, 4) is 0 Å². The van der Waals surface area contributed by atoms with Gasteiger partial charge in [-0.25, -0.2) is 4.79 Å². The number of hydrogen-bond donors (Lipinski definition) is 2. The van der Waals surface area contributed by atoms with Crippen molar-refractivity contribution in [2.75, 3.05) is 24.3 Å². The maximum Gasteiger partial charge on any atom is 0.337 e. The molecule has 126 valence electrons. The molecule has 0 saturated heterocycles. The summed E-state index contributed by atoms with van der Waals surface area (Å²) in [4.78, 5) is 23.7. The first-order chi connectivity index (χ1) is 11.4. The van der Waals surface area contributed by atoms with Crippen LogP contribution in [0.5, 0.6) is 0 Å². The molecule has 5 nitrogen and oxygen atoms in total. The van der Waals surface area contributed by atoms with E-state index in [1.54, 1.807) is 30.3 Å². The van der Waals surface area contributed by atoms with Crippen molar-refractivity contribution in [3.63, 3.8) is 0 Å². The highest BCUT2D eigenvalue weighted by atomic mass is 35.5. The van der Waals surface area contributed by atoms with Crippen molar-refractivity contribution in [2.45, 2.75) is 13.8 Å². The van der Waals surface area contributed by atoms with Gasteiger partial charge in [-0.2, -0.15) is 0 Å². The van der Waals surface area contributed by atoms with E-state index < -0.39 is 5.97 Å². The molecule has 0 bridgehead atoms. The number of hydrogen-bond acceptors (Lipinski definition) is 4. The molecule has 0 fully saturated rings. The lowest BCUT2D eigenvalue weighted by Gasteiger charge is -2.12. The van der Waals surface area contributed by atoms with Gasteiger partial charge in [0, 0.05) is 5.69 Å². The molecule has 0 saturated carbocycles. The van der Waals surface area contributed by atoms with Crippen LogP contribution in [0.15, 0.2) is 36.4 Å². The second kappa shape index (κ2) is 7.84. The van der Waals surface area contributed by atoms with E-state index in [0.717, 1.165) is 11.1 Å². The highest BCUT2D eigenvalue weighted by molar-refractivity contribution is 6.33. The molecule has 1 amide bonds. The Hall–Kier alpha value is -2.53. The molecule has 0 aliphatic heterocycles. The molecule has 0 heterocycles. The molecule has 2 N–H and O–H groups in total. The van der Waals surface area contributed by atoms with Gasteiger partial charge >= 0.3 is 5.97 Å². The van der Waals surface area contributed by atoms with Crippen LogP contribution in [-0.2, 0) is 9.53 Å². The molecule has 2 aromatic rings. The maximum absolute atomic E-state index is 12.1. The number of methoxy groups -OCH3 is 1. The first-order valence-corrected chi connectivity index (χ1v) is 7.77. The van der Waals surface area contributed by atoms with Gasteiger partial charge in [-0.3, -0.25) is 4.79 Å². The molecule has 0 aliphatic rings. The minimum atomic E-state index is -0.422. The Morgan fingerprint density at radius 3 is 2.50 bits per heavy atom. The lowest BCUT2D eigenvalue weighted by molar-refractivity contribution is -0.114. The number of rotatable bonds is 5. The van der Waals surface area contributed by atoms with E-state index in [2.05, 4.69) is 10.6 Å². The normalized spacial score (nSPS) is 10.2. The zero-order chi connectivity index (χ0) is 17.7. The fraction of sp³-hybridized carbons (Fsp3) is 0.222. The van der Waals surface area contributed by atoms with Gasteiger partial charge in [0.15, 0.2) is 0 Å². The Morgan fingerprint density at radius 2 is 1.83 bits per heavy atom. The second-order valence-corrected chi connectivity index (χ2v) is 5.81. The van der Waals surface area contributed by atoms with Gasteiger partial charge in [0.25, 0.3) is 0 Å². The van der Waals surface area contributed by atoms with Crippen LogP contribution in [0.4, 0.5) is 11.4 Å². The average molecular weight is 347 g/mol. The van der Waals surface area contributed by atoms with Crippen LogP contribution in [-0.4, -0.2) is 25.5 Å². The minimum Gasteiger partial charge on any atom is -0.465 e. The summed E-state index contributed by atoms with van der Waals surface area (Å²) in [5, 5.41) is 6.26. The molecular weight excluding hydrogens is 328 g/mol. The number of amides is 1. The number of carbonyl (C=O) groups excluding carboxylic acids is 2. The molecular formula is C18H19ClN2O3. The third kappa shape index (κ3) is 4.49. The van der Waals surface area contributed by atoms with Gasteiger partial charge in [-0.05, 0) is 49.2 Å². The highest BCUT2D eigenvalue weighted by Gasteiger charge is 2.10. The van der Waals surface area contributed by atoms with E-state index in [1.807, 2.05) is 19.9 Å². The van der Waals surface area contributed by atoms with Crippen LogP contribution in [0.25, 0.3) is 0 Å². The zero-order valence-electron chi connectivity index (χ0n) is 13.8. The Balaban J connectivity index is 2.02. The predicted octanol–water partition coefficient (Wildman–Crippen LogP) is 3.79. The molecule has 0 aromatic heterocycles. The summed E-state index contributed by atoms with van der Waals surface area (Å²) < 4.78 is 4.70. The van der Waals surface area contributed by atoms with E-state index in [-0.39, 0.29) is 12.5 Å². The number of nitrogens with one attached hydrogen (secondary N) is 2. The average Bonchev–Trinajstić information content (AvgIpc) is 2.56. The van der Waals surface area contributed by atoms with Crippen molar-refractivity contribution in [3.05, 3.63) is 58.1 Å². The van der Waals surface area contributed by atoms with Crippen LogP contribution >= 0.6 is 11.6 Å². The van der Waals surface area contributed by atoms with E-state index in [9.17, 15) is 9.59 Å². The number of carbonyl (C=O) groups is 2. The molecule has 0 atom stereocenters. The third-order valence-electron chi connectivity index (χ3n) is 3.50. The Labute approximate surface area is 146 Å². The molecule has 0 unspecified atom stereocenters. The molecule has 0 spiro atoms. The molecule has 24 heavy (non-hydrogen) atoms. The summed E-state index contributed by atoms with van der Waals surface area (Å²) in [5.74, 6) is -0.655. The smallest absolute Gasteiger partial charge is 0.337 e. The van der Waals surface area contributed by atoms with Crippen LogP contribution < -0.4 is 10.6 Å². The van der Waals surface area contributed by atoms with E-state index >= 15 is 0 Å². The van der Waals surface area contributed by atoms with Gasteiger partial charge < -0.3 is 15.4 Å². The topological polar surface area (TPSA) is 67.4 Å². The summed E-state index contributed by atoms with van der Waals surface area (Å²) in [5.41, 5.74) is 3.62. The summed E-state index contributed by atoms with van der Waals surface area (Å²) in [6.07, 6.45) is 0. The predicted molar refractivity (Wildman–Crippen MR) is 95.8 cm³/mol. The number of halogens is 1. The standard InChI is InChI=1S/C18H19ClN2O3/c1-11-4-7-15(14(19)8-11)21-17(22)10-20-16-9-13(18(23)24-3)6-5-12(16)2/h4-9,20H,10H2,1-3H3,(H,21,22). The SMILES string of the molecule is COC(=O)c1ccc(C)c(NCC(=O)Nc2ccc(C)cc2Cl)c1. The molecule has 6 heteroatoms. The number of anilines is 2. The first kappa shape index (κ1) is 17.8. The largest absolute Gasteiger partial charge is 0.465 e. The zero-order valence-corrected chi connectivity index (χ0v) is 14.5. The Morgan fingerprint density at radius 1 is 1.08 bits per heavy atom. The summed E-state index contributed by atoms with van der Waals surface area (Å²) >= 11 is 6.10. The van der Waals surface area contributed by atoms with E-state index in [1.165, 1.54) is 7.11 Å². The summed E-state index contributed by atoms with van der Waals surface area (Å²) in [6.45, 7) is 3.86. The second-order valence-electron chi connectivity index (χ2n) is 5.41. The Bertz CT molecular complexity index is 775. The third-order valence-corrected chi connectivity index (χ3v) is 3.81. The molecule has 2 rings (SSSR count). The Kier molecular flexibility index (Phi) is 5.82. The summed E-state index contributed by atoms with van der Waals surface area (Å²) in [7, 11) is 1.33. The fourth-order valence-corrected chi connectivity index (χ4v) is 2.43. The lowest BCUT2D eigenvalue weighted by Crippen LogP contribution is -2.22. The number of ether oxygens (including phenoxy) is 1. The van der Waals surface area contributed by atoms with E-state index in [4.69, 9.17) is 16.3 Å². The van der Waals surface area contributed by atoms with Gasteiger partial charge in [0.05, 0.1) is 29.9 Å². The van der Waals surface area contributed by atoms with Crippen LogP contribution in [0.2, 0.25) is 5.02 Å². The monoisotopic (exact) mass is 346 g/mol. The van der Waals surface area contributed by atoms with Gasteiger partial charge in [-0.15, -0.1) is 0 Å². The molecule has 0 radical (unpaired) electrons. The van der Waals surface area contributed by atoms with Crippen molar-refractivity contribution >= 4 is 34.9 Å². The quantitative estimate of drug-likeness (QED) is 0.808. The molecule has 0 aliphatic carbocycles. The number of aryl methyl sites for hydroxylation is 2. The van der Waals surface area contributed by atoms with Crippen molar-refractivity contribution in [1.29, 1.82) is 0 Å². The van der Waals surface area contributed by atoms with Crippen molar-refractivity contribution in [2.24, 2.45) is 0 Å². The van der Waals surface area contributed by atoms with Crippen LogP contribution in [0.1, 0.15) is 21.5 Å². The van der Waals surface area contributed by atoms with Crippen molar-refractivity contribution < 1.29 is 14.3 Å².